The second-order valence-electron chi connectivity index (χ2n) is 4.92. The topological polar surface area (TPSA) is 53.5 Å². The van der Waals surface area contributed by atoms with E-state index < -0.39 is 0 Å². The van der Waals surface area contributed by atoms with E-state index >= 15 is 0 Å². The molecule has 0 bridgehead atoms. The van der Waals surface area contributed by atoms with Crippen LogP contribution in [-0.2, 0) is 0 Å². The van der Waals surface area contributed by atoms with Gasteiger partial charge in [0.25, 0.3) is 0 Å². The molecule has 124 valence electrons. The zero-order valence-corrected chi connectivity index (χ0v) is 14.8. The molecule has 0 spiro atoms. The summed E-state index contributed by atoms with van der Waals surface area (Å²) in [5.74, 6) is 1.50. The number of nitrogens with zero attached hydrogens (tertiary/aromatic N) is 2. The molecule has 0 aliphatic carbocycles. The molecular formula is C17H14Cl2N2O3. The van der Waals surface area contributed by atoms with E-state index in [1.807, 2.05) is 12.1 Å². The number of hydrogen-bond donors (Lipinski definition) is 0. The Morgan fingerprint density at radius 3 is 2.04 bits per heavy atom. The fourth-order valence-corrected chi connectivity index (χ4v) is 3.20. The molecule has 5 nitrogen and oxygen atoms in total. The van der Waals surface area contributed by atoms with Crippen LogP contribution < -0.4 is 14.2 Å². The summed E-state index contributed by atoms with van der Waals surface area (Å²) in [5.41, 5.74) is 2.02. The van der Waals surface area contributed by atoms with Crippen molar-refractivity contribution in [3.63, 3.8) is 0 Å². The molecule has 3 aromatic rings. The highest BCUT2D eigenvalue weighted by molar-refractivity contribution is 6.41. The Kier molecular flexibility index (Phi) is 4.64. The van der Waals surface area contributed by atoms with Gasteiger partial charge in [-0.2, -0.15) is 0 Å². The van der Waals surface area contributed by atoms with Crippen LogP contribution in [0.4, 0.5) is 0 Å². The number of hydrogen-bond acceptors (Lipinski definition) is 5. The van der Waals surface area contributed by atoms with Crippen molar-refractivity contribution in [2.24, 2.45) is 0 Å². The molecule has 0 N–H and O–H groups in total. The van der Waals surface area contributed by atoms with Crippen molar-refractivity contribution in [3.05, 3.63) is 40.8 Å². The highest BCUT2D eigenvalue weighted by Crippen LogP contribution is 2.48. The van der Waals surface area contributed by atoms with Gasteiger partial charge in [0.2, 0.25) is 0 Å². The minimum atomic E-state index is 0.373. The van der Waals surface area contributed by atoms with Gasteiger partial charge in [0.1, 0.15) is 23.6 Å². The van der Waals surface area contributed by atoms with E-state index in [2.05, 4.69) is 9.97 Å². The zero-order chi connectivity index (χ0) is 17.3. The van der Waals surface area contributed by atoms with Gasteiger partial charge < -0.3 is 14.2 Å². The molecule has 24 heavy (non-hydrogen) atoms. The smallest absolute Gasteiger partial charge is 0.141 e. The number of ether oxygens (including phenoxy) is 3. The van der Waals surface area contributed by atoms with Gasteiger partial charge in [0, 0.05) is 34.8 Å². The highest BCUT2D eigenvalue weighted by atomic mass is 35.5. The molecule has 3 rings (SSSR count). The fraction of sp³-hybridized carbons (Fsp3) is 0.176. The maximum atomic E-state index is 6.51. The minimum absolute atomic E-state index is 0.373. The Balaban J connectivity index is 2.38. The van der Waals surface area contributed by atoms with Crippen LogP contribution in [0.5, 0.6) is 17.2 Å². The third kappa shape index (κ3) is 2.70. The molecule has 0 saturated heterocycles. The van der Waals surface area contributed by atoms with Crippen LogP contribution in [0.1, 0.15) is 0 Å². The maximum Gasteiger partial charge on any atom is 0.141 e. The third-order valence-corrected chi connectivity index (χ3v) is 4.42. The van der Waals surface area contributed by atoms with Gasteiger partial charge in [0.15, 0.2) is 0 Å². The monoisotopic (exact) mass is 364 g/mol. The molecule has 0 unspecified atom stereocenters. The molecule has 1 aromatic heterocycles. The molecule has 0 aliphatic rings. The van der Waals surface area contributed by atoms with Gasteiger partial charge in [0.05, 0.1) is 36.9 Å². The van der Waals surface area contributed by atoms with E-state index in [1.165, 1.54) is 20.5 Å². The second kappa shape index (κ2) is 6.71. The van der Waals surface area contributed by atoms with E-state index in [9.17, 15) is 0 Å². The largest absolute Gasteiger partial charge is 0.496 e. The number of benzene rings is 2. The molecule has 0 fully saturated rings. The standard InChI is InChI=1S/C17H14Cl2N2O3/c1-22-12-5-11-9(7-20-8-21-11)4-10(12)15-16(18)13(23-2)6-14(24-3)17(15)19/h4-8H,1-3H3. The van der Waals surface area contributed by atoms with Crippen molar-refractivity contribution in [1.82, 2.24) is 9.97 Å². The van der Waals surface area contributed by atoms with Gasteiger partial charge in [-0.25, -0.2) is 9.97 Å². The van der Waals surface area contributed by atoms with Gasteiger partial charge in [-0.05, 0) is 6.07 Å². The normalized spacial score (nSPS) is 10.7. The Labute approximate surface area is 149 Å². The van der Waals surface area contributed by atoms with Crippen molar-refractivity contribution in [2.45, 2.75) is 0 Å². The third-order valence-electron chi connectivity index (χ3n) is 3.67. The maximum absolute atomic E-state index is 6.51. The van der Waals surface area contributed by atoms with Crippen LogP contribution in [0.15, 0.2) is 30.7 Å². The Morgan fingerprint density at radius 1 is 0.833 bits per heavy atom. The Bertz CT molecular complexity index is 888. The fourth-order valence-electron chi connectivity index (χ4n) is 2.50. The van der Waals surface area contributed by atoms with Crippen molar-refractivity contribution in [3.8, 4) is 28.4 Å². The first-order valence-electron chi connectivity index (χ1n) is 6.98. The summed E-state index contributed by atoms with van der Waals surface area (Å²) in [4.78, 5) is 8.28. The summed E-state index contributed by atoms with van der Waals surface area (Å²) < 4.78 is 16.2. The molecule has 7 heteroatoms. The summed E-state index contributed by atoms with van der Waals surface area (Å²) in [6.45, 7) is 0. The first kappa shape index (κ1) is 16.6. The van der Waals surface area contributed by atoms with E-state index in [1.54, 1.807) is 19.4 Å². The molecule has 0 atom stereocenters. The summed E-state index contributed by atoms with van der Waals surface area (Å²) in [6, 6.07) is 5.33. The zero-order valence-electron chi connectivity index (χ0n) is 13.3. The Morgan fingerprint density at radius 2 is 1.46 bits per heavy atom. The highest BCUT2D eigenvalue weighted by Gasteiger charge is 2.22. The molecule has 0 amide bonds. The molecule has 1 heterocycles. The van der Waals surface area contributed by atoms with Crippen molar-refractivity contribution < 1.29 is 14.2 Å². The van der Waals surface area contributed by atoms with Crippen molar-refractivity contribution in [1.29, 1.82) is 0 Å². The number of aromatic nitrogens is 2. The number of halogens is 2. The van der Waals surface area contributed by atoms with Gasteiger partial charge in [-0.3, -0.25) is 0 Å². The lowest BCUT2D eigenvalue weighted by Gasteiger charge is -2.17. The summed E-state index contributed by atoms with van der Waals surface area (Å²) in [5, 5.41) is 1.58. The average Bonchev–Trinajstić information content (AvgIpc) is 2.61. The van der Waals surface area contributed by atoms with Crippen LogP contribution in [-0.4, -0.2) is 31.3 Å². The number of rotatable bonds is 4. The van der Waals surface area contributed by atoms with Crippen LogP contribution >= 0.6 is 23.2 Å². The lowest BCUT2D eigenvalue weighted by molar-refractivity contribution is 0.394. The second-order valence-corrected chi connectivity index (χ2v) is 5.67. The van der Waals surface area contributed by atoms with Crippen LogP contribution in [0.25, 0.3) is 22.0 Å². The van der Waals surface area contributed by atoms with Crippen LogP contribution in [0, 0.1) is 0 Å². The van der Waals surface area contributed by atoms with Crippen LogP contribution in [0.3, 0.4) is 0 Å². The first-order valence-corrected chi connectivity index (χ1v) is 7.74. The molecule has 0 radical (unpaired) electrons. The van der Waals surface area contributed by atoms with Gasteiger partial charge >= 0.3 is 0 Å². The quantitative estimate of drug-likeness (QED) is 0.675. The first-order chi connectivity index (χ1) is 11.6. The summed E-state index contributed by atoms with van der Waals surface area (Å²) in [6.07, 6.45) is 3.19. The summed E-state index contributed by atoms with van der Waals surface area (Å²) in [7, 11) is 4.64. The van der Waals surface area contributed by atoms with Gasteiger partial charge in [-0.1, -0.05) is 23.2 Å². The number of methoxy groups -OCH3 is 3. The van der Waals surface area contributed by atoms with E-state index in [0.717, 1.165) is 10.9 Å². The lowest BCUT2D eigenvalue weighted by atomic mass is 10.0. The summed E-state index contributed by atoms with van der Waals surface area (Å²) >= 11 is 13.0. The molecule has 0 aliphatic heterocycles. The minimum Gasteiger partial charge on any atom is -0.496 e. The number of fused-ring (bicyclic) bond motifs is 1. The van der Waals surface area contributed by atoms with E-state index in [0.29, 0.717) is 38.4 Å². The molecule has 2 aromatic carbocycles. The average molecular weight is 365 g/mol. The van der Waals surface area contributed by atoms with Crippen molar-refractivity contribution >= 4 is 34.1 Å². The molecule has 0 saturated carbocycles. The predicted molar refractivity (Wildman–Crippen MR) is 94.7 cm³/mol. The predicted octanol–water partition coefficient (Wildman–Crippen LogP) is 4.63. The van der Waals surface area contributed by atoms with Gasteiger partial charge in [-0.15, -0.1) is 0 Å². The van der Waals surface area contributed by atoms with Crippen LogP contribution in [0.2, 0.25) is 10.0 Å². The molecular weight excluding hydrogens is 351 g/mol. The lowest BCUT2D eigenvalue weighted by Crippen LogP contribution is -1.96. The SMILES string of the molecule is COc1cc2ncncc2cc1-c1c(Cl)c(OC)cc(OC)c1Cl. The van der Waals surface area contributed by atoms with E-state index in [-0.39, 0.29) is 0 Å². The van der Waals surface area contributed by atoms with Crippen molar-refractivity contribution in [2.75, 3.05) is 21.3 Å². The van der Waals surface area contributed by atoms with E-state index in [4.69, 9.17) is 37.4 Å². The Hall–Kier alpha value is -2.24.